The van der Waals surface area contributed by atoms with Gasteiger partial charge in [-0.3, -0.25) is 14.6 Å². The van der Waals surface area contributed by atoms with E-state index in [9.17, 15) is 9.59 Å². The molecule has 0 bridgehead atoms. The van der Waals surface area contributed by atoms with Crippen LogP contribution < -0.4 is 5.32 Å². The monoisotopic (exact) mass is 323 g/mol. The van der Waals surface area contributed by atoms with E-state index in [4.69, 9.17) is 0 Å². The van der Waals surface area contributed by atoms with Gasteiger partial charge in [-0.2, -0.15) is 0 Å². The van der Waals surface area contributed by atoms with E-state index in [1.165, 1.54) is 0 Å². The van der Waals surface area contributed by atoms with E-state index >= 15 is 0 Å². The molecule has 0 saturated carbocycles. The van der Waals surface area contributed by atoms with E-state index in [1.807, 2.05) is 17.5 Å². The Morgan fingerprint density at radius 2 is 2.38 bits per heavy atom. The Hall–Kier alpha value is -1.34. The van der Waals surface area contributed by atoms with Gasteiger partial charge in [-0.25, -0.2) is 0 Å². The van der Waals surface area contributed by atoms with Crippen molar-refractivity contribution in [3.63, 3.8) is 0 Å². The number of carbonyl (C=O) groups excluding carboxylic acids is 2. The Morgan fingerprint density at radius 3 is 3.10 bits per heavy atom. The predicted molar refractivity (Wildman–Crippen MR) is 85.7 cm³/mol. The summed E-state index contributed by atoms with van der Waals surface area (Å²) in [6.45, 7) is 1.42. The molecule has 0 aromatic carbocycles. The van der Waals surface area contributed by atoms with Crippen LogP contribution in [0, 0.1) is 0 Å². The molecule has 1 unspecified atom stereocenters. The van der Waals surface area contributed by atoms with E-state index in [0.29, 0.717) is 18.1 Å². The van der Waals surface area contributed by atoms with E-state index in [1.54, 1.807) is 28.0 Å². The van der Waals surface area contributed by atoms with E-state index in [2.05, 4.69) is 10.3 Å². The first-order valence-corrected chi connectivity index (χ1v) is 8.90. The quantitative estimate of drug-likeness (QED) is 0.917. The molecule has 3 rings (SSSR count). The SMILES string of the molecule is O=C(NC1=NCCS1)C1CCCN1C(=O)Cc1cccs1. The number of nitrogens with zero attached hydrogens (tertiary/aromatic N) is 2. The molecule has 0 spiro atoms. The van der Waals surface area contributed by atoms with Crippen molar-refractivity contribution in [3.8, 4) is 0 Å². The first kappa shape index (κ1) is 14.6. The summed E-state index contributed by atoms with van der Waals surface area (Å²) >= 11 is 3.13. The fraction of sp³-hybridized carbons (Fsp3) is 0.500. The molecule has 112 valence electrons. The third-order valence-electron chi connectivity index (χ3n) is 3.60. The van der Waals surface area contributed by atoms with Crippen LogP contribution in [-0.4, -0.2) is 46.8 Å². The number of hydrogen-bond acceptors (Lipinski definition) is 5. The molecule has 0 aliphatic carbocycles. The lowest BCUT2D eigenvalue weighted by atomic mass is 10.2. The molecule has 1 aromatic rings. The van der Waals surface area contributed by atoms with Gasteiger partial charge in [0.15, 0.2) is 5.17 Å². The molecule has 2 aliphatic heterocycles. The molecule has 1 saturated heterocycles. The normalized spacial score (nSPS) is 21.4. The third-order valence-corrected chi connectivity index (χ3v) is 5.36. The molecule has 1 atom stereocenters. The molecule has 0 radical (unpaired) electrons. The van der Waals surface area contributed by atoms with Gasteiger partial charge in [-0.05, 0) is 24.3 Å². The topological polar surface area (TPSA) is 61.8 Å². The van der Waals surface area contributed by atoms with Crippen molar-refractivity contribution in [3.05, 3.63) is 22.4 Å². The van der Waals surface area contributed by atoms with Crippen LogP contribution in [0.3, 0.4) is 0 Å². The minimum atomic E-state index is -0.346. The highest BCUT2D eigenvalue weighted by Gasteiger charge is 2.34. The lowest BCUT2D eigenvalue weighted by Gasteiger charge is -2.23. The number of thiophene rings is 1. The summed E-state index contributed by atoms with van der Waals surface area (Å²) in [7, 11) is 0. The van der Waals surface area contributed by atoms with Gasteiger partial charge in [0.2, 0.25) is 11.8 Å². The average Bonchev–Trinajstić information content (AvgIpc) is 3.20. The predicted octanol–water partition coefficient (Wildman–Crippen LogP) is 1.50. The van der Waals surface area contributed by atoms with Crippen molar-refractivity contribution >= 4 is 40.1 Å². The number of likely N-dealkylation sites (tertiary alicyclic amines) is 1. The zero-order valence-corrected chi connectivity index (χ0v) is 13.2. The van der Waals surface area contributed by atoms with Crippen molar-refractivity contribution in [1.29, 1.82) is 0 Å². The second kappa shape index (κ2) is 6.62. The fourth-order valence-electron chi connectivity index (χ4n) is 2.60. The zero-order valence-electron chi connectivity index (χ0n) is 11.6. The van der Waals surface area contributed by atoms with E-state index in [-0.39, 0.29) is 17.9 Å². The van der Waals surface area contributed by atoms with Gasteiger partial charge in [0, 0.05) is 17.2 Å². The minimum Gasteiger partial charge on any atom is -0.330 e. The van der Waals surface area contributed by atoms with Crippen LogP contribution in [0.5, 0.6) is 0 Å². The summed E-state index contributed by atoms with van der Waals surface area (Å²) in [5.74, 6) is 0.859. The fourth-order valence-corrected chi connectivity index (χ4v) is 4.03. The Kier molecular flexibility index (Phi) is 4.60. The van der Waals surface area contributed by atoms with Crippen molar-refractivity contribution in [2.45, 2.75) is 25.3 Å². The van der Waals surface area contributed by atoms with Crippen molar-refractivity contribution < 1.29 is 9.59 Å². The molecule has 1 aromatic heterocycles. The molecule has 5 nitrogen and oxygen atoms in total. The van der Waals surface area contributed by atoms with Gasteiger partial charge >= 0.3 is 0 Å². The van der Waals surface area contributed by atoms with E-state index < -0.39 is 0 Å². The maximum Gasteiger partial charge on any atom is 0.248 e. The number of aliphatic imine (C=N–C) groups is 1. The number of thioether (sulfide) groups is 1. The summed E-state index contributed by atoms with van der Waals surface area (Å²) in [5.41, 5.74) is 0. The zero-order chi connectivity index (χ0) is 14.7. The summed E-state index contributed by atoms with van der Waals surface area (Å²) in [5, 5.41) is 5.50. The Balaban J connectivity index is 1.61. The third kappa shape index (κ3) is 3.47. The summed E-state index contributed by atoms with van der Waals surface area (Å²) in [6.07, 6.45) is 2.00. The van der Waals surface area contributed by atoms with Crippen LogP contribution in [0.1, 0.15) is 17.7 Å². The van der Waals surface area contributed by atoms with Crippen molar-refractivity contribution in [1.82, 2.24) is 10.2 Å². The van der Waals surface area contributed by atoms with Gasteiger partial charge in [0.1, 0.15) is 6.04 Å². The molecule has 2 amide bonds. The molecule has 21 heavy (non-hydrogen) atoms. The minimum absolute atomic E-state index is 0.0381. The number of amidine groups is 1. The number of rotatable bonds is 3. The first-order valence-electron chi connectivity index (χ1n) is 7.04. The Morgan fingerprint density at radius 1 is 1.48 bits per heavy atom. The highest BCUT2D eigenvalue weighted by molar-refractivity contribution is 8.14. The van der Waals surface area contributed by atoms with Crippen LogP contribution >= 0.6 is 23.1 Å². The smallest absolute Gasteiger partial charge is 0.248 e. The Labute approximate surface area is 131 Å². The maximum absolute atomic E-state index is 12.4. The van der Waals surface area contributed by atoms with Crippen LogP contribution in [0.25, 0.3) is 0 Å². The lowest BCUT2D eigenvalue weighted by Crippen LogP contribution is -2.47. The van der Waals surface area contributed by atoms with Crippen LogP contribution in [0.4, 0.5) is 0 Å². The molecule has 3 heterocycles. The largest absolute Gasteiger partial charge is 0.330 e. The summed E-state index contributed by atoms with van der Waals surface area (Å²) in [4.78, 5) is 31.7. The van der Waals surface area contributed by atoms with Gasteiger partial charge in [0.25, 0.3) is 0 Å². The Bertz CT molecular complexity index is 557. The van der Waals surface area contributed by atoms with Gasteiger partial charge in [-0.15, -0.1) is 11.3 Å². The summed E-state index contributed by atoms with van der Waals surface area (Å²) < 4.78 is 0. The van der Waals surface area contributed by atoms with E-state index in [0.717, 1.165) is 30.0 Å². The van der Waals surface area contributed by atoms with Crippen LogP contribution in [-0.2, 0) is 16.0 Å². The highest BCUT2D eigenvalue weighted by atomic mass is 32.2. The number of nitrogens with one attached hydrogen (secondary N) is 1. The maximum atomic E-state index is 12.4. The number of carbonyl (C=O) groups is 2. The highest BCUT2D eigenvalue weighted by Crippen LogP contribution is 2.21. The first-order chi connectivity index (χ1) is 10.2. The van der Waals surface area contributed by atoms with Gasteiger partial charge in [0.05, 0.1) is 13.0 Å². The lowest BCUT2D eigenvalue weighted by molar-refractivity contribution is -0.137. The average molecular weight is 323 g/mol. The molecule has 2 aliphatic rings. The van der Waals surface area contributed by atoms with Crippen LogP contribution in [0.2, 0.25) is 0 Å². The second-order valence-electron chi connectivity index (χ2n) is 5.03. The second-order valence-corrected chi connectivity index (χ2v) is 7.14. The van der Waals surface area contributed by atoms with Crippen LogP contribution in [0.15, 0.2) is 22.5 Å². The van der Waals surface area contributed by atoms with Crippen molar-refractivity contribution in [2.75, 3.05) is 18.8 Å². The number of amides is 2. The molecular formula is C14H17N3O2S2. The number of hydrogen-bond donors (Lipinski definition) is 1. The molecular weight excluding hydrogens is 306 g/mol. The standard InChI is InChI=1S/C14H17N3O2S2/c18-12(9-10-3-2-7-20-10)17-6-1-4-11(17)13(19)16-14-15-5-8-21-14/h2-3,7,11H,1,4-6,8-9H2,(H,15,16,19). The van der Waals surface area contributed by atoms with Crippen molar-refractivity contribution in [2.24, 2.45) is 4.99 Å². The van der Waals surface area contributed by atoms with Gasteiger partial charge in [-0.1, -0.05) is 17.8 Å². The molecule has 1 N–H and O–H groups in total. The molecule has 1 fully saturated rings. The summed E-state index contributed by atoms with van der Waals surface area (Å²) in [6, 6.07) is 3.55. The van der Waals surface area contributed by atoms with Gasteiger partial charge < -0.3 is 10.2 Å². The molecule has 7 heteroatoms.